The van der Waals surface area contributed by atoms with Gasteiger partial charge < -0.3 is 10.6 Å². The van der Waals surface area contributed by atoms with Gasteiger partial charge in [0, 0.05) is 18.1 Å². The van der Waals surface area contributed by atoms with Crippen LogP contribution in [0.4, 0.5) is 5.69 Å². The summed E-state index contributed by atoms with van der Waals surface area (Å²) < 4.78 is 1.95. The smallest absolute Gasteiger partial charge is 0.257 e. The minimum Gasteiger partial charge on any atom is -0.319 e. The number of carbonyl (C=O) groups excluding carboxylic acids is 1. The minimum atomic E-state index is -0.160. The third-order valence-corrected chi connectivity index (χ3v) is 3.72. The Hall–Kier alpha value is -2.21. The second-order valence-corrected chi connectivity index (χ2v) is 5.33. The van der Waals surface area contributed by atoms with E-state index in [1.54, 1.807) is 18.5 Å². The van der Waals surface area contributed by atoms with Gasteiger partial charge in [-0.05, 0) is 45.0 Å². The monoisotopic (exact) mass is 285 g/mol. The lowest BCUT2D eigenvalue weighted by Crippen LogP contribution is -2.29. The van der Waals surface area contributed by atoms with Crippen LogP contribution in [0.5, 0.6) is 0 Å². The normalized spacial score (nSPS) is 15.9. The Morgan fingerprint density at radius 1 is 1.33 bits per heavy atom. The summed E-state index contributed by atoms with van der Waals surface area (Å²) in [5.74, 6) is -0.160. The largest absolute Gasteiger partial charge is 0.319 e. The van der Waals surface area contributed by atoms with E-state index in [-0.39, 0.29) is 5.91 Å². The molecular weight excluding hydrogens is 266 g/mol. The van der Waals surface area contributed by atoms with Crippen LogP contribution in [0, 0.1) is 6.92 Å². The second kappa shape index (κ2) is 6.05. The summed E-state index contributed by atoms with van der Waals surface area (Å²) in [6, 6.07) is 4.01. The topological polar surface area (TPSA) is 71.8 Å². The van der Waals surface area contributed by atoms with Crippen molar-refractivity contribution in [2.24, 2.45) is 0 Å². The van der Waals surface area contributed by atoms with E-state index in [2.05, 4.69) is 20.7 Å². The van der Waals surface area contributed by atoms with Gasteiger partial charge >= 0.3 is 0 Å². The van der Waals surface area contributed by atoms with Crippen LogP contribution in [0.3, 0.4) is 0 Å². The van der Waals surface area contributed by atoms with Crippen molar-refractivity contribution in [2.75, 3.05) is 18.4 Å². The number of aryl methyl sites for hydroxylation is 1. The van der Waals surface area contributed by atoms with Gasteiger partial charge in [-0.25, -0.2) is 0 Å². The van der Waals surface area contributed by atoms with E-state index in [4.69, 9.17) is 0 Å². The number of hydrogen-bond donors (Lipinski definition) is 2. The number of anilines is 1. The van der Waals surface area contributed by atoms with Gasteiger partial charge in [-0.1, -0.05) is 0 Å². The van der Waals surface area contributed by atoms with Gasteiger partial charge in [-0.15, -0.1) is 0 Å². The van der Waals surface area contributed by atoms with Crippen molar-refractivity contribution in [3.8, 4) is 0 Å². The maximum atomic E-state index is 12.1. The fourth-order valence-corrected chi connectivity index (χ4v) is 2.48. The van der Waals surface area contributed by atoms with Gasteiger partial charge in [0.25, 0.3) is 5.91 Å². The summed E-state index contributed by atoms with van der Waals surface area (Å²) in [6.07, 6.45) is 7.31. The van der Waals surface area contributed by atoms with Crippen molar-refractivity contribution in [1.29, 1.82) is 0 Å². The lowest BCUT2D eigenvalue weighted by molar-refractivity contribution is 0.102. The summed E-state index contributed by atoms with van der Waals surface area (Å²) in [4.78, 5) is 16.2. The van der Waals surface area contributed by atoms with Crippen LogP contribution in [0.2, 0.25) is 0 Å². The average molecular weight is 285 g/mol. The molecule has 3 heterocycles. The van der Waals surface area contributed by atoms with Gasteiger partial charge in [0.2, 0.25) is 0 Å². The Bertz CT molecular complexity index is 613. The number of nitrogens with zero attached hydrogens (tertiary/aromatic N) is 3. The summed E-state index contributed by atoms with van der Waals surface area (Å²) in [5.41, 5.74) is 2.17. The van der Waals surface area contributed by atoms with Crippen molar-refractivity contribution in [2.45, 2.75) is 25.8 Å². The first-order chi connectivity index (χ1) is 10.2. The molecule has 1 saturated heterocycles. The van der Waals surface area contributed by atoms with Crippen molar-refractivity contribution in [3.63, 3.8) is 0 Å². The Morgan fingerprint density at radius 3 is 2.86 bits per heavy atom. The van der Waals surface area contributed by atoms with E-state index in [0.717, 1.165) is 37.3 Å². The highest BCUT2D eigenvalue weighted by Crippen LogP contribution is 2.19. The summed E-state index contributed by atoms with van der Waals surface area (Å²) in [7, 11) is 0. The van der Waals surface area contributed by atoms with Gasteiger partial charge in [0.1, 0.15) is 0 Å². The number of pyridine rings is 1. The molecule has 2 N–H and O–H groups in total. The molecule has 2 aromatic rings. The average Bonchev–Trinajstić information content (AvgIpc) is 2.97. The predicted molar refractivity (Wildman–Crippen MR) is 80.3 cm³/mol. The number of carbonyl (C=O) groups is 1. The van der Waals surface area contributed by atoms with Crippen LogP contribution in [0.25, 0.3) is 0 Å². The summed E-state index contributed by atoms with van der Waals surface area (Å²) in [5, 5.41) is 10.6. The van der Waals surface area contributed by atoms with E-state index in [0.29, 0.717) is 11.6 Å². The van der Waals surface area contributed by atoms with Crippen LogP contribution in [0.1, 0.15) is 34.9 Å². The molecule has 21 heavy (non-hydrogen) atoms. The summed E-state index contributed by atoms with van der Waals surface area (Å²) in [6.45, 7) is 3.92. The lowest BCUT2D eigenvalue weighted by atomic mass is 10.1. The molecule has 1 fully saturated rings. The van der Waals surface area contributed by atoms with Crippen LogP contribution in [-0.2, 0) is 0 Å². The van der Waals surface area contributed by atoms with Crippen LogP contribution in [0.15, 0.2) is 30.7 Å². The number of amides is 1. The highest BCUT2D eigenvalue weighted by Gasteiger charge is 2.16. The molecule has 0 bridgehead atoms. The first-order valence-electron chi connectivity index (χ1n) is 7.21. The first-order valence-corrected chi connectivity index (χ1v) is 7.21. The third kappa shape index (κ3) is 3.28. The Kier molecular flexibility index (Phi) is 3.96. The van der Waals surface area contributed by atoms with Crippen molar-refractivity contribution >= 4 is 11.6 Å². The van der Waals surface area contributed by atoms with Gasteiger partial charge in [-0.2, -0.15) is 5.10 Å². The third-order valence-electron chi connectivity index (χ3n) is 3.72. The number of rotatable bonds is 3. The Morgan fingerprint density at radius 2 is 2.14 bits per heavy atom. The predicted octanol–water partition coefficient (Wildman–Crippen LogP) is 1.76. The molecule has 1 aliphatic rings. The standard InChI is InChI=1S/C15H19N5O/c1-11-2-3-12(8-17-11)15(21)19-13-9-18-20(10-13)14-4-6-16-7-5-14/h2-3,8-10,14,16H,4-7H2,1H3,(H,19,21). The molecular formula is C15H19N5O. The van der Waals surface area contributed by atoms with E-state index < -0.39 is 0 Å². The van der Waals surface area contributed by atoms with Crippen molar-refractivity contribution in [3.05, 3.63) is 42.0 Å². The highest BCUT2D eigenvalue weighted by atomic mass is 16.1. The molecule has 0 radical (unpaired) electrons. The SMILES string of the molecule is Cc1ccc(C(=O)Nc2cnn(C3CCNCC3)c2)cn1. The molecule has 2 aromatic heterocycles. The van der Waals surface area contributed by atoms with E-state index in [1.165, 1.54) is 0 Å². The van der Waals surface area contributed by atoms with Crippen LogP contribution >= 0.6 is 0 Å². The molecule has 0 spiro atoms. The Labute approximate surface area is 123 Å². The maximum absolute atomic E-state index is 12.1. The molecule has 6 heteroatoms. The molecule has 0 unspecified atom stereocenters. The number of hydrogen-bond acceptors (Lipinski definition) is 4. The highest BCUT2D eigenvalue weighted by molar-refractivity contribution is 6.03. The number of piperidine rings is 1. The zero-order valence-corrected chi connectivity index (χ0v) is 12.0. The van der Waals surface area contributed by atoms with Gasteiger partial charge in [-0.3, -0.25) is 14.5 Å². The molecule has 110 valence electrons. The summed E-state index contributed by atoms with van der Waals surface area (Å²) >= 11 is 0. The number of aromatic nitrogens is 3. The second-order valence-electron chi connectivity index (χ2n) is 5.33. The molecule has 0 aromatic carbocycles. The number of nitrogens with one attached hydrogen (secondary N) is 2. The van der Waals surface area contributed by atoms with Crippen molar-refractivity contribution in [1.82, 2.24) is 20.1 Å². The van der Waals surface area contributed by atoms with Crippen LogP contribution in [-0.4, -0.2) is 33.8 Å². The minimum absolute atomic E-state index is 0.160. The molecule has 0 aliphatic carbocycles. The first kappa shape index (κ1) is 13.8. The van der Waals surface area contributed by atoms with E-state index >= 15 is 0 Å². The quantitative estimate of drug-likeness (QED) is 0.901. The molecule has 1 amide bonds. The maximum Gasteiger partial charge on any atom is 0.257 e. The van der Waals surface area contributed by atoms with Gasteiger partial charge in [0.15, 0.2) is 0 Å². The molecule has 6 nitrogen and oxygen atoms in total. The van der Waals surface area contributed by atoms with E-state index in [9.17, 15) is 4.79 Å². The molecule has 1 aliphatic heterocycles. The lowest BCUT2D eigenvalue weighted by Gasteiger charge is -2.22. The molecule has 0 saturated carbocycles. The molecule has 0 atom stereocenters. The fraction of sp³-hybridized carbons (Fsp3) is 0.400. The van der Waals surface area contributed by atoms with E-state index in [1.807, 2.05) is 23.9 Å². The van der Waals surface area contributed by atoms with Gasteiger partial charge in [0.05, 0.1) is 23.5 Å². The van der Waals surface area contributed by atoms with Crippen molar-refractivity contribution < 1.29 is 4.79 Å². The fourth-order valence-electron chi connectivity index (χ4n) is 2.48. The zero-order valence-electron chi connectivity index (χ0n) is 12.0. The Balaban J connectivity index is 1.66. The van der Waals surface area contributed by atoms with Crippen LogP contribution < -0.4 is 10.6 Å². The zero-order chi connectivity index (χ0) is 14.7. The molecule has 3 rings (SSSR count).